The molecule has 26 heavy (non-hydrogen) atoms. The molecular weight excluding hydrogens is 314 g/mol. The lowest BCUT2D eigenvalue weighted by atomic mass is 9.98. The van der Waals surface area contributed by atoms with Crippen molar-refractivity contribution in [3.05, 3.63) is 72.9 Å². The molecule has 0 N–H and O–H groups in total. The summed E-state index contributed by atoms with van der Waals surface area (Å²) in [4.78, 5) is 0. The van der Waals surface area contributed by atoms with E-state index in [0.29, 0.717) is 6.04 Å². The molecule has 0 aliphatic heterocycles. The zero-order valence-electron chi connectivity index (χ0n) is 15.4. The summed E-state index contributed by atoms with van der Waals surface area (Å²) in [6.07, 6.45) is 4.69. The van der Waals surface area contributed by atoms with E-state index >= 15 is 0 Å². The van der Waals surface area contributed by atoms with E-state index in [1.165, 1.54) is 56.1 Å². The molecule has 1 heterocycles. The average Bonchev–Trinajstić information content (AvgIpc) is 3.09. The lowest BCUT2D eigenvalue weighted by Gasteiger charge is -2.14. The Morgan fingerprint density at radius 1 is 0.731 bits per heavy atom. The molecule has 0 aliphatic carbocycles. The first-order valence-corrected chi connectivity index (χ1v) is 9.60. The third kappa shape index (κ3) is 2.31. The number of fused-ring (bicyclic) bond motifs is 5. The number of benzene rings is 4. The second kappa shape index (κ2) is 5.88. The summed E-state index contributed by atoms with van der Waals surface area (Å²) in [5.74, 6) is 0. The molecule has 0 bridgehead atoms. The third-order valence-corrected chi connectivity index (χ3v) is 5.72. The Balaban J connectivity index is 1.79. The molecule has 0 saturated carbocycles. The van der Waals surface area contributed by atoms with Gasteiger partial charge in [-0.1, -0.05) is 43.7 Å². The zero-order chi connectivity index (χ0) is 17.7. The molecule has 0 radical (unpaired) electrons. The van der Waals surface area contributed by atoms with Crippen LogP contribution in [0, 0.1) is 0 Å². The van der Waals surface area contributed by atoms with Gasteiger partial charge >= 0.3 is 0 Å². The molecule has 5 aromatic rings. The minimum absolute atomic E-state index is 0.541. The van der Waals surface area contributed by atoms with Crippen molar-refractivity contribution < 1.29 is 0 Å². The highest BCUT2D eigenvalue weighted by atomic mass is 15.0. The molecule has 1 nitrogen and oxygen atoms in total. The summed E-state index contributed by atoms with van der Waals surface area (Å²) in [5.41, 5.74) is 1.35. The summed E-state index contributed by atoms with van der Waals surface area (Å²) in [5, 5.41) is 9.28. The molecule has 1 atom stereocenters. The second-order valence-corrected chi connectivity index (χ2v) is 7.48. The molecular formula is C25H23N. The van der Waals surface area contributed by atoms with Crippen LogP contribution in [0.1, 0.15) is 32.7 Å². The standard InChI is InChI=1S/C25H23N/c1-3-6-17(2)26-12-11-23-24-16-22-14-19-8-5-4-7-18(19)13-21(22)15-20(24)9-10-25(23)26/h4-5,7-17H,3,6H2,1-2H3. The van der Waals surface area contributed by atoms with Crippen molar-refractivity contribution in [3.8, 4) is 0 Å². The molecule has 1 unspecified atom stereocenters. The quantitative estimate of drug-likeness (QED) is 0.301. The first-order valence-electron chi connectivity index (χ1n) is 9.60. The van der Waals surface area contributed by atoms with Gasteiger partial charge in [0.2, 0.25) is 0 Å². The van der Waals surface area contributed by atoms with Gasteiger partial charge in [-0.2, -0.15) is 0 Å². The van der Waals surface area contributed by atoms with E-state index in [0.717, 1.165) is 0 Å². The van der Waals surface area contributed by atoms with Crippen molar-refractivity contribution in [1.29, 1.82) is 0 Å². The molecule has 1 aromatic heterocycles. The van der Waals surface area contributed by atoms with Crippen molar-refractivity contribution in [2.24, 2.45) is 0 Å². The van der Waals surface area contributed by atoms with Crippen LogP contribution in [0.2, 0.25) is 0 Å². The molecule has 4 aromatic carbocycles. The Morgan fingerprint density at radius 3 is 2.15 bits per heavy atom. The number of hydrogen-bond acceptors (Lipinski definition) is 0. The van der Waals surface area contributed by atoms with Crippen molar-refractivity contribution in [3.63, 3.8) is 0 Å². The van der Waals surface area contributed by atoms with E-state index < -0.39 is 0 Å². The van der Waals surface area contributed by atoms with Crippen LogP contribution in [0.4, 0.5) is 0 Å². The Bertz CT molecular complexity index is 1260. The van der Waals surface area contributed by atoms with Crippen LogP contribution in [0.25, 0.3) is 43.2 Å². The van der Waals surface area contributed by atoms with Gasteiger partial charge < -0.3 is 4.57 Å². The Morgan fingerprint density at radius 2 is 1.42 bits per heavy atom. The predicted octanol–water partition coefficient (Wildman–Crippen LogP) is 7.46. The van der Waals surface area contributed by atoms with Crippen molar-refractivity contribution in [2.75, 3.05) is 0 Å². The van der Waals surface area contributed by atoms with E-state index in [9.17, 15) is 0 Å². The Hall–Kier alpha value is -2.80. The average molecular weight is 337 g/mol. The number of hydrogen-bond donors (Lipinski definition) is 0. The fraction of sp³-hybridized carbons (Fsp3) is 0.200. The van der Waals surface area contributed by atoms with Gasteiger partial charge in [0.15, 0.2) is 0 Å². The summed E-state index contributed by atoms with van der Waals surface area (Å²) < 4.78 is 2.43. The maximum Gasteiger partial charge on any atom is 0.0489 e. The SMILES string of the molecule is CCCC(C)n1ccc2c3cc4cc5ccccc5cc4cc3ccc21. The van der Waals surface area contributed by atoms with Gasteiger partial charge in [0.25, 0.3) is 0 Å². The normalized spacial score (nSPS) is 13.2. The maximum atomic E-state index is 2.43. The van der Waals surface area contributed by atoms with E-state index in [4.69, 9.17) is 0 Å². The van der Waals surface area contributed by atoms with Gasteiger partial charge in [0.05, 0.1) is 0 Å². The van der Waals surface area contributed by atoms with Crippen LogP contribution in [0.5, 0.6) is 0 Å². The second-order valence-electron chi connectivity index (χ2n) is 7.48. The summed E-state index contributed by atoms with van der Waals surface area (Å²) in [7, 11) is 0. The fourth-order valence-electron chi connectivity index (χ4n) is 4.35. The molecule has 128 valence electrons. The van der Waals surface area contributed by atoms with E-state index in [1.807, 2.05) is 0 Å². The summed E-state index contributed by atoms with van der Waals surface area (Å²) in [6, 6.07) is 25.3. The topological polar surface area (TPSA) is 4.93 Å². The molecule has 0 fully saturated rings. The summed E-state index contributed by atoms with van der Waals surface area (Å²) >= 11 is 0. The van der Waals surface area contributed by atoms with Gasteiger partial charge in [-0.05, 0) is 82.1 Å². The van der Waals surface area contributed by atoms with E-state index in [2.05, 4.69) is 91.3 Å². The smallest absolute Gasteiger partial charge is 0.0489 e. The Labute approximate surface area is 153 Å². The molecule has 0 aliphatic rings. The maximum absolute atomic E-state index is 2.43. The van der Waals surface area contributed by atoms with Crippen LogP contribution < -0.4 is 0 Å². The van der Waals surface area contributed by atoms with E-state index in [1.54, 1.807) is 0 Å². The lowest BCUT2D eigenvalue weighted by molar-refractivity contribution is 0.515. The highest BCUT2D eigenvalue weighted by Crippen LogP contribution is 2.33. The van der Waals surface area contributed by atoms with Crippen LogP contribution >= 0.6 is 0 Å². The first kappa shape index (κ1) is 15.5. The minimum atomic E-state index is 0.541. The van der Waals surface area contributed by atoms with Crippen LogP contribution in [-0.2, 0) is 0 Å². The number of rotatable bonds is 3. The molecule has 0 saturated heterocycles. The first-order chi connectivity index (χ1) is 12.7. The summed E-state index contributed by atoms with van der Waals surface area (Å²) in [6.45, 7) is 4.58. The van der Waals surface area contributed by atoms with Crippen molar-refractivity contribution in [1.82, 2.24) is 4.57 Å². The van der Waals surface area contributed by atoms with Crippen LogP contribution in [0.3, 0.4) is 0 Å². The largest absolute Gasteiger partial charge is 0.345 e. The molecule has 5 rings (SSSR count). The van der Waals surface area contributed by atoms with Crippen LogP contribution in [0.15, 0.2) is 72.9 Å². The highest BCUT2D eigenvalue weighted by Gasteiger charge is 2.10. The van der Waals surface area contributed by atoms with Gasteiger partial charge in [0, 0.05) is 23.1 Å². The molecule has 0 amide bonds. The number of nitrogens with zero attached hydrogens (tertiary/aromatic N) is 1. The highest BCUT2D eigenvalue weighted by molar-refractivity contribution is 6.13. The predicted molar refractivity (Wildman–Crippen MR) is 114 cm³/mol. The van der Waals surface area contributed by atoms with E-state index in [-0.39, 0.29) is 0 Å². The third-order valence-electron chi connectivity index (χ3n) is 5.72. The van der Waals surface area contributed by atoms with Crippen molar-refractivity contribution >= 4 is 43.2 Å². The Kier molecular flexibility index (Phi) is 3.49. The van der Waals surface area contributed by atoms with Gasteiger partial charge in [0.1, 0.15) is 0 Å². The van der Waals surface area contributed by atoms with Crippen molar-refractivity contribution in [2.45, 2.75) is 32.7 Å². The molecule has 1 heteroatoms. The fourth-order valence-corrected chi connectivity index (χ4v) is 4.35. The zero-order valence-corrected chi connectivity index (χ0v) is 15.4. The monoisotopic (exact) mass is 337 g/mol. The minimum Gasteiger partial charge on any atom is -0.345 e. The molecule has 0 spiro atoms. The van der Waals surface area contributed by atoms with Crippen LogP contribution in [-0.4, -0.2) is 4.57 Å². The lowest BCUT2D eigenvalue weighted by Crippen LogP contribution is -2.02. The van der Waals surface area contributed by atoms with Gasteiger partial charge in [-0.25, -0.2) is 0 Å². The number of aromatic nitrogens is 1. The van der Waals surface area contributed by atoms with Gasteiger partial charge in [-0.15, -0.1) is 0 Å². The van der Waals surface area contributed by atoms with Gasteiger partial charge in [-0.3, -0.25) is 0 Å².